The molecule has 0 aliphatic carbocycles. The minimum Gasteiger partial charge on any atom is -0.400 e. The van der Waals surface area contributed by atoms with Crippen LogP contribution in [0.3, 0.4) is 0 Å². The molecule has 2 heteroatoms. The van der Waals surface area contributed by atoms with E-state index in [4.69, 9.17) is 16.7 Å². The molecule has 1 N–H and O–H groups in total. The summed E-state index contributed by atoms with van der Waals surface area (Å²) in [5, 5.41) is 15.4. The van der Waals surface area contributed by atoms with Gasteiger partial charge in [-0.15, -0.1) is 0 Å². The highest BCUT2D eigenvalue weighted by atomic mass is 35.5. The Hall–Kier alpha value is -1.83. The van der Waals surface area contributed by atoms with Gasteiger partial charge in [-0.3, -0.25) is 0 Å². The average molecular weight is 269 g/mol. The van der Waals surface area contributed by atoms with Crippen LogP contribution in [0.15, 0.2) is 54.6 Å². The molecule has 4 aromatic rings. The average Bonchev–Trinajstić information content (AvgIpc) is 2.49. The zero-order chi connectivity index (χ0) is 13.4. The van der Waals surface area contributed by atoms with Crippen molar-refractivity contribution in [1.82, 2.24) is 0 Å². The molecule has 0 saturated carbocycles. The molecule has 0 radical (unpaired) electrons. The number of hydrogen-bond acceptors (Lipinski definition) is 1. The zero-order valence-electron chi connectivity index (χ0n) is 10.5. The van der Waals surface area contributed by atoms with Crippen LogP contribution in [0.25, 0.3) is 32.3 Å². The molecule has 0 unspecified atom stereocenters. The first-order valence-corrected chi connectivity index (χ1v) is 6.49. The predicted molar refractivity (Wildman–Crippen MR) is 83.3 cm³/mol. The summed E-state index contributed by atoms with van der Waals surface area (Å²) >= 11 is 6.28. The van der Waals surface area contributed by atoms with Gasteiger partial charge in [0.2, 0.25) is 0 Å². The van der Waals surface area contributed by atoms with E-state index in [0.29, 0.717) is 0 Å². The lowest BCUT2D eigenvalue weighted by Gasteiger charge is -2.11. The molecule has 0 bridgehead atoms. The molecule has 0 atom stereocenters. The van der Waals surface area contributed by atoms with Crippen molar-refractivity contribution in [3.63, 3.8) is 0 Å². The van der Waals surface area contributed by atoms with Crippen LogP contribution in [0.4, 0.5) is 0 Å². The van der Waals surface area contributed by atoms with Gasteiger partial charge in [-0.2, -0.15) is 0 Å². The maximum atomic E-state index is 7.00. The van der Waals surface area contributed by atoms with E-state index in [1.807, 2.05) is 6.07 Å². The first-order chi connectivity index (χ1) is 9.34. The molecule has 0 spiro atoms. The highest BCUT2D eigenvalue weighted by molar-refractivity contribution is 6.38. The summed E-state index contributed by atoms with van der Waals surface area (Å²) < 4.78 is 0. The van der Waals surface area contributed by atoms with Crippen molar-refractivity contribution in [2.45, 2.75) is 0 Å². The van der Waals surface area contributed by atoms with Gasteiger partial charge in [0.25, 0.3) is 0 Å². The molecule has 0 saturated heterocycles. The first kappa shape index (κ1) is 12.2. The lowest BCUT2D eigenvalue weighted by atomic mass is 9.94. The van der Waals surface area contributed by atoms with E-state index >= 15 is 0 Å². The van der Waals surface area contributed by atoms with Crippen LogP contribution in [0.1, 0.15) is 0 Å². The van der Waals surface area contributed by atoms with E-state index < -0.39 is 0 Å². The smallest absolute Gasteiger partial charge is 0.0485 e. The Balaban J connectivity index is 0.000000528. The Kier molecular flexibility index (Phi) is 3.02. The summed E-state index contributed by atoms with van der Waals surface area (Å²) in [6, 6.07) is 19.1. The molecule has 4 aromatic carbocycles. The zero-order valence-corrected chi connectivity index (χ0v) is 11.3. The lowest BCUT2D eigenvalue weighted by molar-refractivity contribution is 0.399. The Bertz CT molecular complexity index is 836. The van der Waals surface area contributed by atoms with Gasteiger partial charge < -0.3 is 5.11 Å². The largest absolute Gasteiger partial charge is 0.400 e. The van der Waals surface area contributed by atoms with Gasteiger partial charge in [-0.1, -0.05) is 60.1 Å². The molecular formula is C17H13ClO. The van der Waals surface area contributed by atoms with Crippen LogP contribution in [-0.2, 0) is 0 Å². The molecule has 0 aliphatic heterocycles. The van der Waals surface area contributed by atoms with Crippen molar-refractivity contribution in [3.8, 4) is 0 Å². The molecule has 0 fully saturated rings. The SMILES string of the molecule is CO.Clc1ccc2ccc3cccc4ccc1c2c34. The fraction of sp³-hybridized carbons (Fsp3) is 0.0588. The van der Waals surface area contributed by atoms with Gasteiger partial charge in [0.15, 0.2) is 0 Å². The number of aliphatic hydroxyl groups is 1. The highest BCUT2D eigenvalue weighted by Gasteiger charge is 2.08. The molecular weight excluding hydrogens is 256 g/mol. The second-order valence-corrected chi connectivity index (χ2v) is 4.81. The summed E-state index contributed by atoms with van der Waals surface area (Å²) in [6.45, 7) is 0. The van der Waals surface area contributed by atoms with Crippen LogP contribution in [0.2, 0.25) is 5.02 Å². The van der Waals surface area contributed by atoms with Gasteiger partial charge in [0.05, 0.1) is 0 Å². The highest BCUT2D eigenvalue weighted by Crippen LogP contribution is 2.37. The number of benzene rings is 4. The Morgan fingerprint density at radius 3 is 1.89 bits per heavy atom. The Morgan fingerprint density at radius 1 is 0.684 bits per heavy atom. The predicted octanol–water partition coefficient (Wildman–Crippen LogP) is 4.85. The molecule has 94 valence electrons. The van der Waals surface area contributed by atoms with E-state index in [2.05, 4.69) is 48.5 Å². The van der Waals surface area contributed by atoms with Gasteiger partial charge in [-0.05, 0) is 33.0 Å². The van der Waals surface area contributed by atoms with E-state index in [0.717, 1.165) is 17.5 Å². The van der Waals surface area contributed by atoms with E-state index in [1.54, 1.807) is 0 Å². The molecule has 1 nitrogen and oxygen atoms in total. The van der Waals surface area contributed by atoms with Crippen LogP contribution >= 0.6 is 11.6 Å². The molecule has 0 heterocycles. The fourth-order valence-electron chi connectivity index (χ4n) is 2.70. The summed E-state index contributed by atoms with van der Waals surface area (Å²) in [5.41, 5.74) is 0. The van der Waals surface area contributed by atoms with Crippen LogP contribution in [0.5, 0.6) is 0 Å². The van der Waals surface area contributed by atoms with E-state index in [-0.39, 0.29) is 0 Å². The van der Waals surface area contributed by atoms with E-state index in [1.165, 1.54) is 26.9 Å². The first-order valence-electron chi connectivity index (χ1n) is 6.11. The van der Waals surface area contributed by atoms with Gasteiger partial charge in [0.1, 0.15) is 0 Å². The lowest BCUT2D eigenvalue weighted by Crippen LogP contribution is -1.83. The maximum Gasteiger partial charge on any atom is 0.0485 e. The summed E-state index contributed by atoms with van der Waals surface area (Å²) in [6.07, 6.45) is 0. The maximum absolute atomic E-state index is 7.00. The third-order valence-electron chi connectivity index (χ3n) is 3.48. The minimum atomic E-state index is 0.829. The van der Waals surface area contributed by atoms with Crippen LogP contribution in [0, 0.1) is 0 Å². The van der Waals surface area contributed by atoms with Crippen molar-refractivity contribution >= 4 is 43.9 Å². The topological polar surface area (TPSA) is 20.2 Å². The van der Waals surface area contributed by atoms with Gasteiger partial charge >= 0.3 is 0 Å². The standard InChI is InChI=1S/C16H9Cl.CH4O/c17-14-9-7-12-5-4-10-2-1-3-11-6-8-13(14)16(12)15(10)11;1-2/h1-9H;2H,1H3. The number of aliphatic hydroxyl groups excluding tert-OH is 1. The molecule has 0 aliphatic rings. The Morgan fingerprint density at radius 2 is 1.21 bits per heavy atom. The van der Waals surface area contributed by atoms with E-state index in [9.17, 15) is 0 Å². The normalized spacial score (nSPS) is 10.9. The number of halogens is 1. The summed E-state index contributed by atoms with van der Waals surface area (Å²) in [7, 11) is 1.00. The third-order valence-corrected chi connectivity index (χ3v) is 3.81. The van der Waals surface area contributed by atoms with Crippen molar-refractivity contribution < 1.29 is 5.11 Å². The molecule has 4 rings (SSSR count). The van der Waals surface area contributed by atoms with Crippen molar-refractivity contribution in [1.29, 1.82) is 0 Å². The second kappa shape index (κ2) is 4.69. The molecule has 0 aromatic heterocycles. The Labute approximate surface area is 116 Å². The number of hydrogen-bond donors (Lipinski definition) is 1. The molecule has 0 amide bonds. The number of rotatable bonds is 0. The second-order valence-electron chi connectivity index (χ2n) is 4.40. The van der Waals surface area contributed by atoms with Crippen LogP contribution < -0.4 is 0 Å². The minimum absolute atomic E-state index is 0.829. The molecule has 19 heavy (non-hydrogen) atoms. The van der Waals surface area contributed by atoms with Crippen molar-refractivity contribution in [2.75, 3.05) is 7.11 Å². The van der Waals surface area contributed by atoms with Crippen molar-refractivity contribution in [2.24, 2.45) is 0 Å². The van der Waals surface area contributed by atoms with Gasteiger partial charge in [0, 0.05) is 17.5 Å². The monoisotopic (exact) mass is 268 g/mol. The summed E-state index contributed by atoms with van der Waals surface area (Å²) in [4.78, 5) is 0. The quantitative estimate of drug-likeness (QED) is 0.452. The summed E-state index contributed by atoms with van der Waals surface area (Å²) in [5.74, 6) is 0. The van der Waals surface area contributed by atoms with Gasteiger partial charge in [-0.25, -0.2) is 0 Å². The third kappa shape index (κ3) is 1.74. The van der Waals surface area contributed by atoms with Crippen molar-refractivity contribution in [3.05, 3.63) is 59.6 Å². The van der Waals surface area contributed by atoms with Crippen LogP contribution in [-0.4, -0.2) is 12.2 Å². The fourth-order valence-corrected chi connectivity index (χ4v) is 2.92.